The molecule has 1 amide bonds. The van der Waals surface area contributed by atoms with E-state index in [0.29, 0.717) is 40.7 Å². The smallest absolute Gasteiger partial charge is 0.325 e. The number of nitrogens with two attached hydrogens (primary N) is 2. The molecule has 0 bridgehead atoms. The molecule has 4 N–H and O–H groups in total. The van der Waals surface area contributed by atoms with Crippen molar-refractivity contribution in [1.82, 2.24) is 14.9 Å². The van der Waals surface area contributed by atoms with Crippen molar-refractivity contribution in [3.8, 4) is 11.1 Å². The van der Waals surface area contributed by atoms with Gasteiger partial charge in [-0.1, -0.05) is 75.6 Å². The number of allylic oxidation sites excluding steroid dienone is 2. The second-order valence-corrected chi connectivity index (χ2v) is 10.2. The maximum Gasteiger partial charge on any atom is 0.325 e. The zero-order valence-corrected chi connectivity index (χ0v) is 25.1. The number of nitrogens with zero attached hydrogens (tertiary/aromatic N) is 3. The van der Waals surface area contributed by atoms with Crippen molar-refractivity contribution in [2.75, 3.05) is 5.73 Å². The molecule has 224 valence electrons. The number of hydrogen-bond acceptors (Lipinski definition) is 7. The highest BCUT2D eigenvalue weighted by Crippen LogP contribution is 2.31. The third kappa shape index (κ3) is 7.90. The van der Waals surface area contributed by atoms with Gasteiger partial charge in [-0.25, -0.2) is 14.4 Å². The summed E-state index contributed by atoms with van der Waals surface area (Å²) in [6.45, 7) is 14.7. The van der Waals surface area contributed by atoms with Gasteiger partial charge in [-0.3, -0.25) is 9.59 Å². The summed E-state index contributed by atoms with van der Waals surface area (Å²) in [5.41, 5.74) is 15.1. The van der Waals surface area contributed by atoms with Crippen LogP contribution in [0.15, 0.2) is 86.0 Å². The van der Waals surface area contributed by atoms with Gasteiger partial charge in [0.25, 0.3) is 5.91 Å². The first kappa shape index (κ1) is 32.6. The second kappa shape index (κ2) is 14.3. The SMILES string of the molecule is C=CC=C.CC.CC(C)(N)C(=O)OCc1ccc(F)cc1-c1ccc2nc(N)nc(C(=O)N3Cc4ccccc4C3)c2c1. The van der Waals surface area contributed by atoms with Crippen LogP contribution in [-0.4, -0.2) is 32.3 Å². The Hall–Kier alpha value is -4.89. The average molecular weight is 584 g/mol. The van der Waals surface area contributed by atoms with E-state index in [2.05, 4.69) is 23.1 Å². The van der Waals surface area contributed by atoms with Crippen molar-refractivity contribution in [1.29, 1.82) is 0 Å². The number of hydrogen-bond donors (Lipinski definition) is 2. The Balaban J connectivity index is 0.000000780. The molecule has 0 spiro atoms. The number of ether oxygens (including phenoxy) is 1. The normalized spacial score (nSPS) is 11.8. The van der Waals surface area contributed by atoms with Crippen LogP contribution >= 0.6 is 0 Å². The van der Waals surface area contributed by atoms with E-state index in [1.807, 2.05) is 38.1 Å². The topological polar surface area (TPSA) is 124 Å². The molecule has 3 aromatic carbocycles. The predicted octanol–water partition coefficient (Wildman–Crippen LogP) is 6.34. The molecule has 1 aromatic heterocycles. The van der Waals surface area contributed by atoms with Crippen LogP contribution in [0.5, 0.6) is 0 Å². The van der Waals surface area contributed by atoms with Gasteiger partial charge in [0.1, 0.15) is 23.7 Å². The van der Waals surface area contributed by atoms with Gasteiger partial charge < -0.3 is 21.1 Å². The molecule has 1 aliphatic heterocycles. The largest absolute Gasteiger partial charge is 0.459 e. The van der Waals surface area contributed by atoms with Gasteiger partial charge in [0.15, 0.2) is 0 Å². The summed E-state index contributed by atoms with van der Waals surface area (Å²) < 4.78 is 19.7. The van der Waals surface area contributed by atoms with Crippen LogP contribution < -0.4 is 11.5 Å². The molecule has 0 saturated carbocycles. The van der Waals surface area contributed by atoms with Crippen molar-refractivity contribution in [3.63, 3.8) is 0 Å². The number of esters is 1. The predicted molar refractivity (Wildman–Crippen MR) is 169 cm³/mol. The number of aromatic nitrogens is 2. The van der Waals surface area contributed by atoms with Crippen molar-refractivity contribution >= 4 is 28.7 Å². The molecular weight excluding hydrogens is 545 g/mol. The number of rotatable bonds is 6. The Morgan fingerprint density at radius 2 is 1.63 bits per heavy atom. The summed E-state index contributed by atoms with van der Waals surface area (Å²) in [5.74, 6) is -1.32. The molecule has 0 saturated heterocycles. The molecule has 8 nitrogen and oxygen atoms in total. The Morgan fingerprint density at radius 1 is 1.00 bits per heavy atom. The lowest BCUT2D eigenvalue weighted by Crippen LogP contribution is -2.42. The van der Waals surface area contributed by atoms with E-state index in [9.17, 15) is 14.0 Å². The van der Waals surface area contributed by atoms with Crippen LogP contribution in [0.1, 0.15) is 54.9 Å². The number of halogens is 1. The lowest BCUT2D eigenvalue weighted by molar-refractivity contribution is -0.150. The lowest BCUT2D eigenvalue weighted by Gasteiger charge is -2.18. The molecule has 0 atom stereocenters. The van der Waals surface area contributed by atoms with Gasteiger partial charge in [0.05, 0.1) is 5.52 Å². The molecule has 9 heteroatoms. The van der Waals surface area contributed by atoms with Gasteiger partial charge in [-0.05, 0) is 65.9 Å². The molecule has 5 rings (SSSR count). The van der Waals surface area contributed by atoms with Crippen LogP contribution in [0.3, 0.4) is 0 Å². The zero-order chi connectivity index (χ0) is 31.7. The Labute approximate surface area is 251 Å². The number of carbonyl (C=O) groups is 2. The van der Waals surface area contributed by atoms with E-state index in [0.717, 1.165) is 11.1 Å². The van der Waals surface area contributed by atoms with Crippen molar-refractivity contribution in [3.05, 3.63) is 114 Å². The molecule has 0 aliphatic carbocycles. The Kier molecular flexibility index (Phi) is 10.9. The van der Waals surface area contributed by atoms with Crippen molar-refractivity contribution in [2.24, 2.45) is 5.73 Å². The quantitative estimate of drug-likeness (QED) is 0.200. The highest BCUT2D eigenvalue weighted by atomic mass is 19.1. The Bertz CT molecular complexity index is 1610. The lowest BCUT2D eigenvalue weighted by atomic mass is 9.97. The Morgan fingerprint density at radius 3 is 2.21 bits per heavy atom. The fourth-order valence-corrected chi connectivity index (χ4v) is 4.38. The fourth-order valence-electron chi connectivity index (χ4n) is 4.38. The first-order valence-corrected chi connectivity index (χ1v) is 13.9. The third-order valence-corrected chi connectivity index (χ3v) is 6.48. The van der Waals surface area contributed by atoms with E-state index in [4.69, 9.17) is 16.2 Å². The minimum Gasteiger partial charge on any atom is -0.459 e. The van der Waals surface area contributed by atoms with Crippen LogP contribution in [0, 0.1) is 5.82 Å². The molecular formula is C34H38FN5O3. The zero-order valence-electron chi connectivity index (χ0n) is 25.1. The average Bonchev–Trinajstić information content (AvgIpc) is 3.44. The van der Waals surface area contributed by atoms with E-state index in [-0.39, 0.29) is 24.2 Å². The van der Waals surface area contributed by atoms with Crippen LogP contribution in [0.4, 0.5) is 10.3 Å². The number of nitrogen functional groups attached to an aromatic ring is 1. The monoisotopic (exact) mass is 583 g/mol. The number of carbonyl (C=O) groups excluding carboxylic acids is 2. The van der Waals surface area contributed by atoms with Gasteiger partial charge in [0.2, 0.25) is 5.95 Å². The van der Waals surface area contributed by atoms with E-state index in [1.54, 1.807) is 55.2 Å². The van der Waals surface area contributed by atoms with E-state index < -0.39 is 17.3 Å². The maximum absolute atomic E-state index is 14.3. The summed E-state index contributed by atoms with van der Waals surface area (Å²) in [6.07, 6.45) is 3.28. The number of benzene rings is 3. The van der Waals surface area contributed by atoms with Gasteiger partial charge in [-0.15, -0.1) is 0 Å². The number of anilines is 1. The molecule has 0 fully saturated rings. The molecule has 0 unspecified atom stereocenters. The summed E-state index contributed by atoms with van der Waals surface area (Å²) in [4.78, 5) is 36.0. The molecule has 4 aromatic rings. The highest BCUT2D eigenvalue weighted by Gasteiger charge is 2.27. The summed E-state index contributed by atoms with van der Waals surface area (Å²) >= 11 is 0. The maximum atomic E-state index is 14.3. The highest BCUT2D eigenvalue weighted by molar-refractivity contribution is 6.06. The van der Waals surface area contributed by atoms with Crippen molar-refractivity contribution < 1.29 is 18.7 Å². The van der Waals surface area contributed by atoms with Gasteiger partial charge in [0, 0.05) is 18.5 Å². The molecule has 1 aliphatic rings. The van der Waals surface area contributed by atoms with Crippen LogP contribution in [0.2, 0.25) is 0 Å². The number of amides is 1. The summed E-state index contributed by atoms with van der Waals surface area (Å²) in [6, 6.07) is 17.3. The molecule has 0 radical (unpaired) electrons. The van der Waals surface area contributed by atoms with Gasteiger partial charge in [-0.2, -0.15) is 0 Å². The number of fused-ring (bicyclic) bond motifs is 2. The van der Waals surface area contributed by atoms with Crippen LogP contribution in [-0.2, 0) is 29.2 Å². The first-order valence-electron chi connectivity index (χ1n) is 13.9. The van der Waals surface area contributed by atoms with Crippen LogP contribution in [0.25, 0.3) is 22.0 Å². The minimum absolute atomic E-state index is 0.0110. The fraction of sp³-hybridized carbons (Fsp3) is 0.235. The second-order valence-electron chi connectivity index (χ2n) is 10.2. The molecule has 2 heterocycles. The van der Waals surface area contributed by atoms with E-state index >= 15 is 0 Å². The first-order chi connectivity index (χ1) is 20.5. The van der Waals surface area contributed by atoms with Gasteiger partial charge >= 0.3 is 5.97 Å². The van der Waals surface area contributed by atoms with Crippen molar-refractivity contribution in [2.45, 2.75) is 52.9 Å². The summed E-state index contributed by atoms with van der Waals surface area (Å²) in [7, 11) is 0. The third-order valence-electron chi connectivity index (χ3n) is 6.48. The molecule has 43 heavy (non-hydrogen) atoms. The minimum atomic E-state index is -1.16. The summed E-state index contributed by atoms with van der Waals surface area (Å²) in [5, 5.41) is 0.489. The standard InChI is InChI=1S/C28H26FN5O3.C4H6.C2H6/c1-28(2,31)26(36)37-15-19-7-9-20(29)12-21(19)16-8-10-23-22(11-16)24(33-27(30)32-23)25(35)34-13-17-5-3-4-6-18(17)14-34;1-3-4-2;1-2/h3-12H,13-15,31H2,1-2H3,(H2,30,32,33);3-4H,1-2H2;1-2H3. The van der Waals surface area contributed by atoms with E-state index in [1.165, 1.54) is 12.1 Å².